The third-order valence-corrected chi connectivity index (χ3v) is 5.49. The lowest BCUT2D eigenvalue weighted by Crippen LogP contribution is -2.26. The molecule has 11 heteroatoms. The van der Waals surface area contributed by atoms with Gasteiger partial charge in [-0.25, -0.2) is 18.2 Å². The van der Waals surface area contributed by atoms with Gasteiger partial charge in [0, 0.05) is 23.9 Å². The Morgan fingerprint density at radius 3 is 2.41 bits per heavy atom. The van der Waals surface area contributed by atoms with Crippen LogP contribution in [0.5, 0.6) is 0 Å². The van der Waals surface area contributed by atoms with Crippen LogP contribution in [-0.4, -0.2) is 34.5 Å². The van der Waals surface area contributed by atoms with Gasteiger partial charge in [-0.15, -0.1) is 5.10 Å². The minimum Gasteiger partial charge on any atom is -0.352 e. The Morgan fingerprint density at radius 1 is 1.14 bits per heavy atom. The van der Waals surface area contributed by atoms with Gasteiger partial charge >= 0.3 is 0 Å². The summed E-state index contributed by atoms with van der Waals surface area (Å²) in [6.07, 6.45) is 1.71. The van der Waals surface area contributed by atoms with Crippen LogP contribution in [0.1, 0.15) is 23.5 Å². The fourth-order valence-electron chi connectivity index (χ4n) is 2.81. The van der Waals surface area contributed by atoms with Gasteiger partial charge in [-0.1, -0.05) is 35.9 Å². The number of aromatic nitrogens is 4. The molecule has 0 fully saturated rings. The molecule has 2 aromatic carbocycles. The van der Waals surface area contributed by atoms with E-state index in [-0.39, 0.29) is 29.7 Å². The van der Waals surface area contributed by atoms with Crippen molar-refractivity contribution in [2.45, 2.75) is 30.3 Å². The molecule has 3 N–H and O–H groups in total. The van der Waals surface area contributed by atoms with E-state index in [1.165, 1.54) is 18.5 Å². The SMILES string of the molecule is NS(=O)(=O)c1ccc(CNC(=O)CC(Cn2cnnn2)c2ccc(Cl)cc2)cc1. The van der Waals surface area contributed by atoms with Gasteiger partial charge in [0.05, 0.1) is 11.4 Å². The van der Waals surface area contributed by atoms with Crippen molar-refractivity contribution < 1.29 is 13.2 Å². The lowest BCUT2D eigenvalue weighted by Gasteiger charge is -2.17. The first-order chi connectivity index (χ1) is 13.8. The number of primary sulfonamides is 1. The first kappa shape index (κ1) is 20.9. The Morgan fingerprint density at radius 2 is 1.83 bits per heavy atom. The number of nitrogens with zero attached hydrogens (tertiary/aromatic N) is 4. The highest BCUT2D eigenvalue weighted by Gasteiger charge is 2.18. The number of nitrogens with one attached hydrogen (secondary N) is 1. The average Bonchev–Trinajstić information content (AvgIpc) is 3.19. The van der Waals surface area contributed by atoms with Crippen LogP contribution in [0.3, 0.4) is 0 Å². The molecule has 9 nitrogen and oxygen atoms in total. The molecule has 0 radical (unpaired) electrons. The van der Waals surface area contributed by atoms with Crippen molar-refractivity contribution in [3.63, 3.8) is 0 Å². The van der Waals surface area contributed by atoms with Crippen molar-refractivity contribution in [3.05, 3.63) is 71.0 Å². The van der Waals surface area contributed by atoms with Crippen molar-refractivity contribution in [1.29, 1.82) is 0 Å². The van der Waals surface area contributed by atoms with E-state index in [1.807, 2.05) is 12.1 Å². The molecule has 29 heavy (non-hydrogen) atoms. The van der Waals surface area contributed by atoms with Crippen LogP contribution in [0.15, 0.2) is 59.8 Å². The summed E-state index contributed by atoms with van der Waals surface area (Å²) in [4.78, 5) is 12.5. The number of tetrazole rings is 1. The lowest BCUT2D eigenvalue weighted by molar-refractivity contribution is -0.121. The Bertz CT molecular complexity index is 1050. The Hall–Kier alpha value is -2.82. The minimum absolute atomic E-state index is 0.0248. The van der Waals surface area contributed by atoms with Crippen molar-refractivity contribution in [2.75, 3.05) is 0 Å². The van der Waals surface area contributed by atoms with Gasteiger partial charge in [0.1, 0.15) is 6.33 Å². The van der Waals surface area contributed by atoms with Crippen LogP contribution < -0.4 is 10.5 Å². The predicted molar refractivity (Wildman–Crippen MR) is 106 cm³/mol. The van der Waals surface area contributed by atoms with E-state index in [4.69, 9.17) is 16.7 Å². The highest BCUT2D eigenvalue weighted by molar-refractivity contribution is 7.89. The van der Waals surface area contributed by atoms with Gasteiger partial charge in [-0.05, 0) is 45.8 Å². The smallest absolute Gasteiger partial charge is 0.238 e. The zero-order valence-electron chi connectivity index (χ0n) is 15.3. The van der Waals surface area contributed by atoms with Crippen molar-refractivity contribution in [2.24, 2.45) is 5.14 Å². The van der Waals surface area contributed by atoms with Gasteiger partial charge in [-0.2, -0.15) is 0 Å². The first-order valence-corrected chi connectivity index (χ1v) is 10.6. The quantitative estimate of drug-likeness (QED) is 0.551. The molecule has 1 heterocycles. The number of carbonyl (C=O) groups is 1. The molecule has 0 bridgehead atoms. The zero-order valence-corrected chi connectivity index (χ0v) is 16.8. The summed E-state index contributed by atoms with van der Waals surface area (Å²) in [6.45, 7) is 0.701. The number of benzene rings is 2. The molecule has 0 aliphatic carbocycles. The molecule has 1 unspecified atom stereocenters. The van der Waals surface area contributed by atoms with E-state index in [0.29, 0.717) is 11.6 Å². The van der Waals surface area contributed by atoms with Crippen molar-refractivity contribution in [1.82, 2.24) is 25.5 Å². The normalized spacial score (nSPS) is 12.5. The average molecular weight is 435 g/mol. The molecular formula is C18H19ClN6O3S. The van der Waals surface area contributed by atoms with Gasteiger partial charge < -0.3 is 5.32 Å². The first-order valence-electron chi connectivity index (χ1n) is 8.66. The summed E-state index contributed by atoms with van der Waals surface area (Å²) in [5.74, 6) is -0.311. The number of rotatable bonds is 8. The highest BCUT2D eigenvalue weighted by atomic mass is 35.5. The number of halogens is 1. The Balaban J connectivity index is 1.64. The standard InChI is InChI=1S/C18H19ClN6O3S/c19-16-5-3-14(4-6-16)15(11-25-12-22-23-24-25)9-18(26)21-10-13-1-7-17(8-2-13)29(20,27)28/h1-8,12,15H,9-11H2,(H,21,26)(H2,20,27,28). The summed E-state index contributed by atoms with van der Waals surface area (Å²) < 4.78 is 24.2. The second-order valence-electron chi connectivity index (χ2n) is 6.45. The van der Waals surface area contributed by atoms with Gasteiger partial charge in [0.15, 0.2) is 0 Å². The van der Waals surface area contributed by atoms with E-state index in [9.17, 15) is 13.2 Å². The molecular weight excluding hydrogens is 416 g/mol. The fraction of sp³-hybridized carbons (Fsp3) is 0.222. The van der Waals surface area contributed by atoms with E-state index in [1.54, 1.807) is 28.9 Å². The monoisotopic (exact) mass is 434 g/mol. The molecule has 1 atom stereocenters. The maximum absolute atomic E-state index is 12.5. The van der Waals surface area contributed by atoms with Crippen molar-refractivity contribution >= 4 is 27.5 Å². The summed E-state index contributed by atoms with van der Waals surface area (Å²) in [7, 11) is -3.74. The lowest BCUT2D eigenvalue weighted by atomic mass is 9.95. The maximum atomic E-state index is 12.5. The van der Waals surface area contributed by atoms with E-state index in [0.717, 1.165) is 11.1 Å². The largest absolute Gasteiger partial charge is 0.352 e. The van der Waals surface area contributed by atoms with E-state index < -0.39 is 10.0 Å². The zero-order chi connectivity index (χ0) is 20.9. The van der Waals surface area contributed by atoms with Crippen LogP contribution in [0.2, 0.25) is 5.02 Å². The molecule has 152 valence electrons. The molecule has 0 saturated heterocycles. The molecule has 0 aliphatic heterocycles. The fourth-order valence-corrected chi connectivity index (χ4v) is 3.45. The predicted octanol–water partition coefficient (Wildman–Crippen LogP) is 1.46. The van der Waals surface area contributed by atoms with Crippen molar-refractivity contribution in [3.8, 4) is 0 Å². The number of hydrogen-bond donors (Lipinski definition) is 2. The number of hydrogen-bond acceptors (Lipinski definition) is 6. The summed E-state index contributed by atoms with van der Waals surface area (Å²) in [5, 5.41) is 19.6. The van der Waals surface area contributed by atoms with Crippen LogP contribution >= 0.6 is 11.6 Å². The number of sulfonamides is 1. The van der Waals surface area contributed by atoms with Gasteiger partial charge in [-0.3, -0.25) is 4.79 Å². The minimum atomic E-state index is -3.74. The summed E-state index contributed by atoms with van der Waals surface area (Å²) in [6, 6.07) is 13.3. The molecule has 3 aromatic rings. The summed E-state index contributed by atoms with van der Waals surface area (Å²) in [5.41, 5.74) is 1.70. The Labute approximate surface area is 172 Å². The van der Waals surface area contributed by atoms with Crippen LogP contribution in [0, 0.1) is 0 Å². The maximum Gasteiger partial charge on any atom is 0.238 e. The van der Waals surface area contributed by atoms with E-state index >= 15 is 0 Å². The molecule has 3 rings (SSSR count). The molecule has 0 saturated carbocycles. The third kappa shape index (κ3) is 6.08. The number of carbonyl (C=O) groups excluding carboxylic acids is 1. The molecule has 1 aromatic heterocycles. The van der Waals surface area contributed by atoms with Gasteiger partial charge in [0.25, 0.3) is 0 Å². The highest BCUT2D eigenvalue weighted by Crippen LogP contribution is 2.23. The van der Waals surface area contributed by atoms with Crippen LogP contribution in [0.4, 0.5) is 0 Å². The third-order valence-electron chi connectivity index (χ3n) is 4.31. The summed E-state index contributed by atoms with van der Waals surface area (Å²) >= 11 is 5.96. The van der Waals surface area contributed by atoms with Crippen LogP contribution in [-0.2, 0) is 27.9 Å². The van der Waals surface area contributed by atoms with E-state index in [2.05, 4.69) is 20.8 Å². The topological polar surface area (TPSA) is 133 Å². The molecule has 1 amide bonds. The number of amides is 1. The second-order valence-corrected chi connectivity index (χ2v) is 8.45. The Kier molecular flexibility index (Phi) is 6.57. The molecule has 0 spiro atoms. The second kappa shape index (κ2) is 9.12. The molecule has 0 aliphatic rings. The number of nitrogens with two attached hydrogens (primary N) is 1. The van der Waals surface area contributed by atoms with Gasteiger partial charge in [0.2, 0.25) is 15.9 Å². The van der Waals surface area contributed by atoms with Crippen LogP contribution in [0.25, 0.3) is 0 Å².